The predicted octanol–water partition coefficient (Wildman–Crippen LogP) is 1.67. The number of hydrogen-bond donors (Lipinski definition) is 0. The minimum atomic E-state index is -0.951. The summed E-state index contributed by atoms with van der Waals surface area (Å²) in [7, 11) is 0. The van der Waals surface area contributed by atoms with Crippen LogP contribution in [0.3, 0.4) is 0 Å². The third-order valence-corrected chi connectivity index (χ3v) is 2.02. The fourth-order valence-electron chi connectivity index (χ4n) is 0.829. The summed E-state index contributed by atoms with van der Waals surface area (Å²) in [4.78, 5) is 21.2. The second-order valence-corrected chi connectivity index (χ2v) is 3.08. The van der Waals surface area contributed by atoms with Gasteiger partial charge < -0.3 is 4.74 Å². The van der Waals surface area contributed by atoms with Gasteiger partial charge in [-0.15, -0.1) is 0 Å². The zero-order valence-electron chi connectivity index (χ0n) is 6.57. The molecule has 0 aliphatic rings. The Balaban J connectivity index is 2.73. The number of ether oxygens (including phenoxy) is 1. The standard InChI is InChI=1S/C9H6BrO3/c10-9(13-6-11)8(12)7-4-2-1-3-5-7/h1-5,9H. The van der Waals surface area contributed by atoms with E-state index in [-0.39, 0.29) is 5.78 Å². The van der Waals surface area contributed by atoms with E-state index in [9.17, 15) is 9.59 Å². The third-order valence-electron chi connectivity index (χ3n) is 1.42. The number of halogens is 1. The molecule has 0 saturated heterocycles. The lowest BCUT2D eigenvalue weighted by Gasteiger charge is -2.04. The number of alkyl halides is 1. The average Bonchev–Trinajstić information content (AvgIpc) is 2.18. The van der Waals surface area contributed by atoms with E-state index >= 15 is 0 Å². The van der Waals surface area contributed by atoms with Gasteiger partial charge in [0.2, 0.25) is 10.8 Å². The molecule has 0 amide bonds. The van der Waals surface area contributed by atoms with E-state index in [0.29, 0.717) is 5.56 Å². The summed E-state index contributed by atoms with van der Waals surface area (Å²) < 4.78 is 4.32. The van der Waals surface area contributed by atoms with Crippen molar-refractivity contribution >= 4 is 28.2 Å². The first-order valence-corrected chi connectivity index (χ1v) is 4.43. The molecule has 4 heteroatoms. The average molecular weight is 242 g/mol. The monoisotopic (exact) mass is 241 g/mol. The maximum atomic E-state index is 11.4. The maximum Gasteiger partial charge on any atom is 0.419 e. The molecule has 0 fully saturated rings. The molecule has 1 atom stereocenters. The van der Waals surface area contributed by atoms with Crippen LogP contribution in [0.25, 0.3) is 0 Å². The molecule has 1 aromatic carbocycles. The minimum absolute atomic E-state index is 0.302. The first-order chi connectivity index (χ1) is 6.25. The van der Waals surface area contributed by atoms with E-state index in [2.05, 4.69) is 20.7 Å². The molecule has 3 nitrogen and oxygen atoms in total. The highest BCUT2D eigenvalue weighted by atomic mass is 79.9. The minimum Gasteiger partial charge on any atom is -0.434 e. The lowest BCUT2D eigenvalue weighted by molar-refractivity contribution is 0.0882. The Labute approximate surface area is 83.8 Å². The van der Waals surface area contributed by atoms with Gasteiger partial charge in [-0.2, -0.15) is 0 Å². The Morgan fingerprint density at radius 2 is 2.00 bits per heavy atom. The number of ketones is 1. The van der Waals surface area contributed by atoms with Gasteiger partial charge in [0.1, 0.15) is 0 Å². The second-order valence-electron chi connectivity index (χ2n) is 2.25. The quantitative estimate of drug-likeness (QED) is 0.595. The Hall–Kier alpha value is -1.16. The van der Waals surface area contributed by atoms with Crippen LogP contribution in [0.1, 0.15) is 10.4 Å². The molecule has 0 aromatic heterocycles. The third kappa shape index (κ3) is 2.66. The van der Waals surface area contributed by atoms with Crippen LogP contribution >= 0.6 is 15.9 Å². The molecule has 0 heterocycles. The van der Waals surface area contributed by atoms with Crippen LogP contribution in [0.2, 0.25) is 0 Å². The first kappa shape index (κ1) is 9.92. The van der Waals surface area contributed by atoms with Crippen molar-refractivity contribution in [2.24, 2.45) is 0 Å². The second kappa shape index (κ2) is 4.77. The lowest BCUT2D eigenvalue weighted by atomic mass is 10.1. The maximum absolute atomic E-state index is 11.4. The Morgan fingerprint density at radius 1 is 1.38 bits per heavy atom. The van der Waals surface area contributed by atoms with Crippen molar-refractivity contribution in [1.29, 1.82) is 0 Å². The predicted molar refractivity (Wildman–Crippen MR) is 50.3 cm³/mol. The molecule has 1 radical (unpaired) electrons. The van der Waals surface area contributed by atoms with Crippen LogP contribution in [-0.4, -0.2) is 17.3 Å². The first-order valence-electron chi connectivity index (χ1n) is 3.52. The summed E-state index contributed by atoms with van der Waals surface area (Å²) in [6.45, 7) is 1.20. The molecule has 0 aliphatic heterocycles. The van der Waals surface area contributed by atoms with Gasteiger partial charge in [0.25, 0.3) is 0 Å². The molecule has 1 aromatic rings. The van der Waals surface area contributed by atoms with Crippen molar-refractivity contribution in [1.82, 2.24) is 0 Å². The molecule has 0 aliphatic carbocycles. The fraction of sp³-hybridized carbons (Fsp3) is 0.111. The topological polar surface area (TPSA) is 43.4 Å². The van der Waals surface area contributed by atoms with Gasteiger partial charge >= 0.3 is 6.47 Å². The van der Waals surface area contributed by atoms with E-state index in [1.165, 1.54) is 6.47 Å². The lowest BCUT2D eigenvalue weighted by Crippen LogP contribution is -2.16. The Bertz CT molecular complexity index is 297. The molecular weight excluding hydrogens is 236 g/mol. The molecule has 1 unspecified atom stereocenters. The van der Waals surface area contributed by atoms with Gasteiger partial charge in [-0.25, -0.2) is 4.79 Å². The van der Waals surface area contributed by atoms with Crippen molar-refractivity contribution < 1.29 is 14.3 Å². The van der Waals surface area contributed by atoms with Crippen LogP contribution < -0.4 is 0 Å². The number of Topliss-reactive ketones (excluding diaryl/α,β-unsaturated/α-hetero) is 1. The van der Waals surface area contributed by atoms with Gasteiger partial charge in [-0.3, -0.25) is 4.79 Å². The normalized spacial score (nSPS) is 11.8. The summed E-state index contributed by atoms with van der Waals surface area (Å²) in [6.07, 6.45) is 0. The van der Waals surface area contributed by atoms with E-state index in [1.807, 2.05) is 0 Å². The van der Waals surface area contributed by atoms with Crippen LogP contribution in [0.5, 0.6) is 0 Å². The number of carbonyl (C=O) groups excluding carboxylic acids is 2. The molecule has 13 heavy (non-hydrogen) atoms. The van der Waals surface area contributed by atoms with Gasteiger partial charge in [0.05, 0.1) is 0 Å². The number of rotatable bonds is 4. The summed E-state index contributed by atoms with van der Waals surface area (Å²) >= 11 is 2.91. The van der Waals surface area contributed by atoms with Crippen molar-refractivity contribution in [2.45, 2.75) is 5.01 Å². The number of benzene rings is 1. The fourth-order valence-corrected chi connectivity index (χ4v) is 1.17. The summed E-state index contributed by atoms with van der Waals surface area (Å²) in [5, 5.41) is -0.951. The number of hydrogen-bond acceptors (Lipinski definition) is 3. The van der Waals surface area contributed by atoms with Crippen LogP contribution in [0, 0.1) is 0 Å². The van der Waals surface area contributed by atoms with E-state index in [0.717, 1.165) is 0 Å². The molecule has 1 rings (SSSR count). The van der Waals surface area contributed by atoms with Gasteiger partial charge in [-0.1, -0.05) is 30.3 Å². The van der Waals surface area contributed by atoms with Gasteiger partial charge in [0.15, 0.2) is 0 Å². The van der Waals surface area contributed by atoms with E-state index < -0.39 is 5.01 Å². The van der Waals surface area contributed by atoms with Crippen molar-refractivity contribution in [3.8, 4) is 0 Å². The van der Waals surface area contributed by atoms with Gasteiger partial charge in [-0.05, 0) is 15.9 Å². The summed E-state index contributed by atoms with van der Waals surface area (Å²) in [5.41, 5.74) is 0.486. The van der Waals surface area contributed by atoms with Crippen LogP contribution in [-0.2, 0) is 9.53 Å². The molecule has 0 N–H and O–H groups in total. The highest BCUT2D eigenvalue weighted by molar-refractivity contribution is 9.09. The van der Waals surface area contributed by atoms with Gasteiger partial charge in [0, 0.05) is 5.56 Å². The molecule has 0 spiro atoms. The highest BCUT2D eigenvalue weighted by Gasteiger charge is 2.17. The zero-order chi connectivity index (χ0) is 9.68. The van der Waals surface area contributed by atoms with Crippen molar-refractivity contribution in [3.05, 3.63) is 35.9 Å². The summed E-state index contributed by atoms with van der Waals surface area (Å²) in [5.74, 6) is -0.302. The van der Waals surface area contributed by atoms with Crippen molar-refractivity contribution in [3.63, 3.8) is 0 Å². The van der Waals surface area contributed by atoms with Crippen molar-refractivity contribution in [2.75, 3.05) is 0 Å². The Morgan fingerprint density at radius 3 is 2.54 bits per heavy atom. The largest absolute Gasteiger partial charge is 0.434 e. The number of carbonyl (C=O) groups is 1. The molecule has 0 bridgehead atoms. The molecular formula is C9H6BrO3. The smallest absolute Gasteiger partial charge is 0.419 e. The van der Waals surface area contributed by atoms with Crippen LogP contribution in [0.4, 0.5) is 0 Å². The van der Waals surface area contributed by atoms with E-state index in [1.54, 1.807) is 30.3 Å². The molecule has 0 saturated carbocycles. The SMILES string of the molecule is O=[C]OC(Br)C(=O)c1ccccc1. The Kier molecular flexibility index (Phi) is 3.64. The highest BCUT2D eigenvalue weighted by Crippen LogP contribution is 2.10. The summed E-state index contributed by atoms with van der Waals surface area (Å²) in [6, 6.07) is 8.55. The molecule has 67 valence electrons. The zero-order valence-corrected chi connectivity index (χ0v) is 8.15. The van der Waals surface area contributed by atoms with Crippen LogP contribution in [0.15, 0.2) is 30.3 Å². The van der Waals surface area contributed by atoms with E-state index in [4.69, 9.17) is 0 Å².